The number of imidazole rings is 1. The van der Waals surface area contributed by atoms with E-state index in [2.05, 4.69) is 20.0 Å². The topological polar surface area (TPSA) is 130 Å². The van der Waals surface area contributed by atoms with Gasteiger partial charge in [-0.15, -0.1) is 0 Å². The van der Waals surface area contributed by atoms with Crippen molar-refractivity contribution in [3.8, 4) is 0 Å². The third kappa shape index (κ3) is 3.37. The van der Waals surface area contributed by atoms with Gasteiger partial charge in [0.05, 0.1) is 27.4 Å². The number of nitro benzene ring substituents is 1. The fourth-order valence-corrected chi connectivity index (χ4v) is 3.34. The molecule has 0 bridgehead atoms. The number of H-pyrrole nitrogens is 1. The van der Waals surface area contributed by atoms with Crippen LogP contribution in [0.3, 0.4) is 0 Å². The number of sulfonamides is 1. The van der Waals surface area contributed by atoms with E-state index in [0.717, 1.165) is 22.7 Å². The number of aromatic amines is 1. The molecule has 0 fully saturated rings. The molecule has 2 aromatic carbocycles. The predicted octanol–water partition coefficient (Wildman–Crippen LogP) is 2.30. The van der Waals surface area contributed by atoms with E-state index in [1.807, 2.05) is 25.1 Å². The Hall–Kier alpha value is -2.98. The van der Waals surface area contributed by atoms with Crippen LogP contribution in [0.2, 0.25) is 0 Å². The number of aryl methyl sites for hydroxylation is 1. The Bertz CT molecular complexity index is 1090. The van der Waals surface area contributed by atoms with E-state index >= 15 is 0 Å². The van der Waals surface area contributed by atoms with Gasteiger partial charge in [-0.2, -0.15) is 0 Å². The first kappa shape index (κ1) is 17.8. The summed E-state index contributed by atoms with van der Waals surface area (Å²) >= 11 is 0. The Morgan fingerprint density at radius 3 is 2.69 bits per heavy atom. The van der Waals surface area contributed by atoms with Crippen molar-refractivity contribution < 1.29 is 13.3 Å². The number of nitrogens with one attached hydrogen (secondary N) is 3. The SMILES string of the molecule is CNS(=O)(=O)c1ccc(NCc2nc3c(C)cccc3[nH]2)c([N+](=O)[O-])c1. The maximum atomic E-state index is 11.8. The van der Waals surface area contributed by atoms with Gasteiger partial charge in [-0.3, -0.25) is 10.1 Å². The molecule has 136 valence electrons. The van der Waals surface area contributed by atoms with Crippen LogP contribution in [0.5, 0.6) is 0 Å². The lowest BCUT2D eigenvalue weighted by Crippen LogP contribution is -2.18. The molecule has 0 saturated carbocycles. The van der Waals surface area contributed by atoms with Crippen molar-refractivity contribution in [2.45, 2.75) is 18.4 Å². The van der Waals surface area contributed by atoms with Gasteiger partial charge >= 0.3 is 0 Å². The fraction of sp³-hybridized carbons (Fsp3) is 0.188. The summed E-state index contributed by atoms with van der Waals surface area (Å²) in [6.07, 6.45) is 0. The van der Waals surface area contributed by atoms with E-state index in [0.29, 0.717) is 5.82 Å². The van der Waals surface area contributed by atoms with Crippen LogP contribution in [-0.4, -0.2) is 30.4 Å². The minimum absolute atomic E-state index is 0.170. The van der Waals surface area contributed by atoms with Gasteiger partial charge in [-0.05, 0) is 37.7 Å². The minimum Gasteiger partial charge on any atom is -0.372 e. The lowest BCUT2D eigenvalue weighted by molar-refractivity contribution is -0.384. The summed E-state index contributed by atoms with van der Waals surface area (Å²) in [5.74, 6) is 0.621. The summed E-state index contributed by atoms with van der Waals surface area (Å²) in [4.78, 5) is 18.1. The molecule has 0 radical (unpaired) electrons. The van der Waals surface area contributed by atoms with E-state index in [4.69, 9.17) is 0 Å². The first-order chi connectivity index (χ1) is 12.3. The number of nitrogens with zero attached hydrogens (tertiary/aromatic N) is 2. The highest BCUT2D eigenvalue weighted by Crippen LogP contribution is 2.28. The molecule has 10 heteroatoms. The van der Waals surface area contributed by atoms with Crippen LogP contribution in [0.4, 0.5) is 11.4 Å². The van der Waals surface area contributed by atoms with Crippen molar-refractivity contribution in [1.29, 1.82) is 0 Å². The molecular formula is C16H17N5O4S. The number of anilines is 1. The number of fused-ring (bicyclic) bond motifs is 1. The van der Waals surface area contributed by atoms with Crippen molar-refractivity contribution in [1.82, 2.24) is 14.7 Å². The summed E-state index contributed by atoms with van der Waals surface area (Å²) in [5, 5.41) is 14.3. The standard InChI is InChI=1S/C16H17N5O4S/c1-10-4-3-5-13-16(10)20-15(19-13)9-18-12-7-6-11(26(24,25)17-2)8-14(12)21(22)23/h3-8,17-18H,9H2,1-2H3,(H,19,20). The molecular weight excluding hydrogens is 358 g/mol. The maximum absolute atomic E-state index is 11.8. The zero-order valence-electron chi connectivity index (χ0n) is 14.1. The molecule has 0 aliphatic carbocycles. The van der Waals surface area contributed by atoms with E-state index in [-0.39, 0.29) is 22.8 Å². The number of benzene rings is 2. The van der Waals surface area contributed by atoms with E-state index < -0.39 is 14.9 Å². The number of hydrogen-bond donors (Lipinski definition) is 3. The van der Waals surface area contributed by atoms with Crippen LogP contribution in [0, 0.1) is 17.0 Å². The fourth-order valence-electron chi connectivity index (χ4n) is 2.59. The summed E-state index contributed by atoms with van der Waals surface area (Å²) in [6, 6.07) is 9.47. The Labute approximate surface area is 149 Å². The van der Waals surface area contributed by atoms with Gasteiger partial charge in [-0.1, -0.05) is 12.1 Å². The Morgan fingerprint density at radius 2 is 2.04 bits per heavy atom. The molecule has 1 heterocycles. The molecule has 0 atom stereocenters. The monoisotopic (exact) mass is 375 g/mol. The summed E-state index contributed by atoms with van der Waals surface area (Å²) in [7, 11) is -2.51. The van der Waals surface area contributed by atoms with Crippen molar-refractivity contribution in [2.75, 3.05) is 12.4 Å². The number of hydrogen-bond acceptors (Lipinski definition) is 6. The highest BCUT2D eigenvalue weighted by Gasteiger charge is 2.20. The lowest BCUT2D eigenvalue weighted by Gasteiger charge is -2.08. The van der Waals surface area contributed by atoms with Crippen molar-refractivity contribution >= 4 is 32.4 Å². The molecule has 1 aromatic heterocycles. The second-order valence-corrected chi connectivity index (χ2v) is 7.54. The second kappa shape index (κ2) is 6.73. The summed E-state index contributed by atoms with van der Waals surface area (Å²) in [5.41, 5.74) is 2.63. The largest absolute Gasteiger partial charge is 0.372 e. The van der Waals surface area contributed by atoms with E-state index in [1.54, 1.807) is 0 Å². The molecule has 9 nitrogen and oxygen atoms in total. The first-order valence-corrected chi connectivity index (χ1v) is 9.20. The van der Waals surface area contributed by atoms with Gasteiger partial charge in [0.2, 0.25) is 10.0 Å². The van der Waals surface area contributed by atoms with Crippen LogP contribution in [-0.2, 0) is 16.6 Å². The Morgan fingerprint density at radius 1 is 1.27 bits per heavy atom. The van der Waals surface area contributed by atoms with Crippen LogP contribution in [0.15, 0.2) is 41.3 Å². The van der Waals surface area contributed by atoms with Crippen molar-refractivity contribution in [2.24, 2.45) is 0 Å². The third-order valence-electron chi connectivity index (χ3n) is 3.95. The third-order valence-corrected chi connectivity index (χ3v) is 5.37. The summed E-state index contributed by atoms with van der Waals surface area (Å²) in [6.45, 7) is 2.18. The number of para-hydroxylation sites is 1. The molecule has 0 aliphatic heterocycles. The highest BCUT2D eigenvalue weighted by atomic mass is 32.2. The average molecular weight is 375 g/mol. The minimum atomic E-state index is -3.76. The summed E-state index contributed by atoms with van der Waals surface area (Å²) < 4.78 is 25.8. The van der Waals surface area contributed by atoms with Gasteiger partial charge in [0.25, 0.3) is 5.69 Å². The van der Waals surface area contributed by atoms with E-state index in [1.165, 1.54) is 19.2 Å². The van der Waals surface area contributed by atoms with Gasteiger partial charge in [-0.25, -0.2) is 18.1 Å². The van der Waals surface area contributed by atoms with Crippen LogP contribution < -0.4 is 10.0 Å². The van der Waals surface area contributed by atoms with Gasteiger partial charge < -0.3 is 10.3 Å². The highest BCUT2D eigenvalue weighted by molar-refractivity contribution is 7.89. The number of aromatic nitrogens is 2. The quantitative estimate of drug-likeness (QED) is 0.448. The van der Waals surface area contributed by atoms with Crippen molar-refractivity contribution in [3.63, 3.8) is 0 Å². The molecule has 0 unspecified atom stereocenters. The van der Waals surface area contributed by atoms with Gasteiger partial charge in [0.15, 0.2) is 0 Å². The maximum Gasteiger partial charge on any atom is 0.293 e. The van der Waals surface area contributed by atoms with Crippen molar-refractivity contribution in [3.05, 3.63) is 57.9 Å². The van der Waals surface area contributed by atoms with Crippen LogP contribution in [0.25, 0.3) is 11.0 Å². The number of rotatable bonds is 6. The lowest BCUT2D eigenvalue weighted by atomic mass is 10.2. The molecule has 0 aliphatic rings. The van der Waals surface area contributed by atoms with Crippen LogP contribution in [0.1, 0.15) is 11.4 Å². The average Bonchev–Trinajstić information content (AvgIpc) is 3.04. The van der Waals surface area contributed by atoms with Gasteiger partial charge in [0, 0.05) is 6.07 Å². The smallest absolute Gasteiger partial charge is 0.293 e. The molecule has 26 heavy (non-hydrogen) atoms. The Balaban J connectivity index is 1.89. The molecule has 3 N–H and O–H groups in total. The van der Waals surface area contributed by atoms with E-state index in [9.17, 15) is 18.5 Å². The molecule has 3 aromatic rings. The molecule has 0 saturated heterocycles. The predicted molar refractivity (Wildman–Crippen MR) is 97.5 cm³/mol. The zero-order valence-corrected chi connectivity index (χ0v) is 14.9. The first-order valence-electron chi connectivity index (χ1n) is 7.72. The van der Waals surface area contributed by atoms with Crippen LogP contribution >= 0.6 is 0 Å². The van der Waals surface area contributed by atoms with Gasteiger partial charge in [0.1, 0.15) is 11.5 Å². The normalized spacial score (nSPS) is 11.6. The Kier molecular flexibility index (Phi) is 4.62. The molecule has 0 spiro atoms. The second-order valence-electron chi connectivity index (χ2n) is 5.65. The zero-order chi connectivity index (χ0) is 18.9. The molecule has 3 rings (SSSR count). The number of nitro groups is 1. The molecule has 0 amide bonds.